The number of halogens is 3. The molecule has 0 amide bonds. The molecule has 2 aromatic rings. The van der Waals surface area contributed by atoms with E-state index in [1.165, 1.54) is 0 Å². The lowest BCUT2D eigenvalue weighted by molar-refractivity contribution is 0.403. The summed E-state index contributed by atoms with van der Waals surface area (Å²) in [4.78, 5) is 13.7. The van der Waals surface area contributed by atoms with Crippen molar-refractivity contribution in [3.8, 4) is 0 Å². The van der Waals surface area contributed by atoms with Crippen molar-refractivity contribution < 1.29 is 0 Å². The van der Waals surface area contributed by atoms with Crippen molar-refractivity contribution in [3.63, 3.8) is 0 Å². The van der Waals surface area contributed by atoms with E-state index < -0.39 is 0 Å². The standard InChI is InChI=1S/C16H16Cl3N3O/c17-12-1-2-13(18)11(8-12)7-10-3-5-22(6-4-10)14-9-20-21-16(23)15(14)19/h1-2,8-10H,3-7H2,(H,21,23). The van der Waals surface area contributed by atoms with Crippen LogP contribution in [0.1, 0.15) is 18.4 Å². The van der Waals surface area contributed by atoms with Crippen molar-refractivity contribution in [2.75, 3.05) is 18.0 Å². The molecule has 1 N–H and O–H groups in total. The Bertz CT molecular complexity index is 754. The zero-order valence-electron chi connectivity index (χ0n) is 12.4. The van der Waals surface area contributed by atoms with E-state index in [1.54, 1.807) is 12.3 Å². The normalized spacial score (nSPS) is 15.9. The Hall–Kier alpha value is -1.23. The van der Waals surface area contributed by atoms with E-state index in [9.17, 15) is 4.79 Å². The van der Waals surface area contributed by atoms with Crippen molar-refractivity contribution in [1.29, 1.82) is 0 Å². The zero-order chi connectivity index (χ0) is 16.4. The minimum absolute atomic E-state index is 0.205. The van der Waals surface area contributed by atoms with Crippen LogP contribution in [0.3, 0.4) is 0 Å². The molecule has 23 heavy (non-hydrogen) atoms. The van der Waals surface area contributed by atoms with E-state index in [1.807, 2.05) is 12.1 Å². The van der Waals surface area contributed by atoms with Crippen LogP contribution < -0.4 is 10.5 Å². The van der Waals surface area contributed by atoms with Crippen molar-refractivity contribution >= 4 is 40.5 Å². The average Bonchev–Trinajstić information content (AvgIpc) is 2.54. The summed E-state index contributed by atoms with van der Waals surface area (Å²) in [7, 11) is 0. The first-order chi connectivity index (χ1) is 11.0. The van der Waals surface area contributed by atoms with Crippen LogP contribution in [0.5, 0.6) is 0 Å². The zero-order valence-corrected chi connectivity index (χ0v) is 14.6. The Morgan fingerprint density at radius 3 is 2.70 bits per heavy atom. The van der Waals surface area contributed by atoms with Crippen LogP contribution in [-0.4, -0.2) is 23.3 Å². The lowest BCUT2D eigenvalue weighted by atomic mass is 9.90. The fourth-order valence-corrected chi connectivity index (χ4v) is 3.58. The molecule has 3 rings (SSSR count). The molecule has 7 heteroatoms. The molecule has 1 aromatic heterocycles. The van der Waals surface area contributed by atoms with Crippen LogP contribution in [0.15, 0.2) is 29.2 Å². The highest BCUT2D eigenvalue weighted by molar-refractivity contribution is 6.33. The molecule has 1 aliphatic heterocycles. The molecule has 0 spiro atoms. The van der Waals surface area contributed by atoms with Gasteiger partial charge in [-0.1, -0.05) is 34.8 Å². The number of hydrogen-bond donors (Lipinski definition) is 1. The van der Waals surface area contributed by atoms with Gasteiger partial charge in [0.15, 0.2) is 0 Å². The predicted octanol–water partition coefficient (Wildman–Crippen LogP) is 4.19. The predicted molar refractivity (Wildman–Crippen MR) is 95.0 cm³/mol. The SMILES string of the molecule is O=c1[nH]ncc(N2CCC(Cc3cc(Cl)ccc3Cl)CC2)c1Cl. The number of hydrogen-bond acceptors (Lipinski definition) is 3. The first kappa shape index (κ1) is 16.6. The number of benzene rings is 1. The molecule has 1 fully saturated rings. The maximum Gasteiger partial charge on any atom is 0.285 e. The first-order valence-corrected chi connectivity index (χ1v) is 8.60. The molecule has 1 aliphatic rings. The minimum Gasteiger partial charge on any atom is -0.369 e. The number of anilines is 1. The monoisotopic (exact) mass is 371 g/mol. The molecule has 4 nitrogen and oxygen atoms in total. The van der Waals surface area contributed by atoms with Crippen LogP contribution in [-0.2, 0) is 6.42 Å². The van der Waals surface area contributed by atoms with E-state index in [0.29, 0.717) is 16.6 Å². The van der Waals surface area contributed by atoms with Gasteiger partial charge in [0, 0.05) is 23.1 Å². The van der Waals surface area contributed by atoms with Gasteiger partial charge >= 0.3 is 0 Å². The van der Waals surface area contributed by atoms with Crippen LogP contribution >= 0.6 is 34.8 Å². The van der Waals surface area contributed by atoms with Gasteiger partial charge in [0.05, 0.1) is 11.9 Å². The highest BCUT2D eigenvalue weighted by Gasteiger charge is 2.22. The largest absolute Gasteiger partial charge is 0.369 e. The maximum atomic E-state index is 11.6. The molecule has 122 valence electrons. The van der Waals surface area contributed by atoms with Gasteiger partial charge in [0.1, 0.15) is 5.02 Å². The highest BCUT2D eigenvalue weighted by Crippen LogP contribution is 2.30. The summed E-state index contributed by atoms with van der Waals surface area (Å²) in [5, 5.41) is 7.85. The number of nitrogens with zero attached hydrogens (tertiary/aromatic N) is 2. The Balaban J connectivity index is 1.65. The van der Waals surface area contributed by atoms with Crippen LogP contribution in [0.4, 0.5) is 5.69 Å². The molecule has 0 radical (unpaired) electrons. The van der Waals surface area contributed by atoms with Gasteiger partial charge in [0.25, 0.3) is 5.56 Å². The molecule has 0 atom stereocenters. The Morgan fingerprint density at radius 2 is 1.96 bits per heavy atom. The fraction of sp³-hybridized carbons (Fsp3) is 0.375. The second kappa shape index (κ2) is 7.12. The summed E-state index contributed by atoms with van der Waals surface area (Å²) >= 11 is 18.4. The van der Waals surface area contributed by atoms with Gasteiger partial charge in [-0.2, -0.15) is 5.10 Å². The molecule has 0 saturated carbocycles. The first-order valence-electron chi connectivity index (χ1n) is 7.46. The molecular formula is C16H16Cl3N3O. The molecule has 0 unspecified atom stereocenters. The number of H-pyrrole nitrogens is 1. The molecule has 1 aromatic carbocycles. The topological polar surface area (TPSA) is 49.0 Å². The lowest BCUT2D eigenvalue weighted by Gasteiger charge is -2.33. The summed E-state index contributed by atoms with van der Waals surface area (Å²) in [6, 6.07) is 5.59. The third kappa shape index (κ3) is 3.82. The van der Waals surface area contributed by atoms with Gasteiger partial charge in [-0.25, -0.2) is 5.10 Å². The van der Waals surface area contributed by atoms with E-state index in [4.69, 9.17) is 34.8 Å². The molecule has 2 heterocycles. The summed E-state index contributed by atoms with van der Waals surface area (Å²) in [5.41, 5.74) is 1.44. The van der Waals surface area contributed by atoms with Crippen molar-refractivity contribution in [2.45, 2.75) is 19.3 Å². The molecular weight excluding hydrogens is 357 g/mol. The minimum atomic E-state index is -0.350. The Morgan fingerprint density at radius 1 is 1.22 bits per heavy atom. The second-order valence-electron chi connectivity index (χ2n) is 5.77. The number of rotatable bonds is 3. The third-order valence-corrected chi connectivity index (χ3v) is 5.22. The second-order valence-corrected chi connectivity index (χ2v) is 6.99. The van der Waals surface area contributed by atoms with Gasteiger partial charge < -0.3 is 4.90 Å². The molecule has 0 bridgehead atoms. The van der Waals surface area contributed by atoms with Gasteiger partial charge in [-0.05, 0) is 48.9 Å². The average molecular weight is 373 g/mol. The Labute approximate surface area is 149 Å². The number of aromatic amines is 1. The molecule has 0 aliphatic carbocycles. The summed E-state index contributed by atoms with van der Waals surface area (Å²) < 4.78 is 0. The maximum absolute atomic E-state index is 11.6. The lowest BCUT2D eigenvalue weighted by Crippen LogP contribution is -2.35. The van der Waals surface area contributed by atoms with Gasteiger partial charge in [-0.15, -0.1) is 0 Å². The van der Waals surface area contributed by atoms with E-state index in [0.717, 1.165) is 42.9 Å². The van der Waals surface area contributed by atoms with Crippen LogP contribution in [0, 0.1) is 5.92 Å². The van der Waals surface area contributed by atoms with Crippen molar-refractivity contribution in [1.82, 2.24) is 10.2 Å². The Kier molecular flexibility index (Phi) is 5.14. The fourth-order valence-electron chi connectivity index (χ4n) is 2.98. The summed E-state index contributed by atoms with van der Waals surface area (Å²) in [6.07, 6.45) is 4.53. The highest BCUT2D eigenvalue weighted by atomic mass is 35.5. The number of nitrogens with one attached hydrogen (secondary N) is 1. The van der Waals surface area contributed by atoms with E-state index >= 15 is 0 Å². The quantitative estimate of drug-likeness (QED) is 0.879. The third-order valence-electron chi connectivity index (χ3n) is 4.25. The van der Waals surface area contributed by atoms with Crippen molar-refractivity contribution in [3.05, 3.63) is 55.4 Å². The van der Waals surface area contributed by atoms with Crippen molar-refractivity contribution in [2.24, 2.45) is 5.92 Å². The van der Waals surface area contributed by atoms with E-state index in [2.05, 4.69) is 15.1 Å². The molecule has 1 saturated heterocycles. The number of piperidine rings is 1. The summed E-state index contributed by atoms with van der Waals surface area (Å²) in [5.74, 6) is 0.538. The number of aromatic nitrogens is 2. The van der Waals surface area contributed by atoms with Gasteiger partial charge in [-0.3, -0.25) is 4.79 Å². The van der Waals surface area contributed by atoms with Crippen LogP contribution in [0.25, 0.3) is 0 Å². The summed E-state index contributed by atoms with van der Waals surface area (Å²) in [6.45, 7) is 1.68. The van der Waals surface area contributed by atoms with E-state index in [-0.39, 0.29) is 10.6 Å². The van der Waals surface area contributed by atoms with Crippen LogP contribution in [0.2, 0.25) is 15.1 Å². The van der Waals surface area contributed by atoms with Gasteiger partial charge in [0.2, 0.25) is 0 Å². The smallest absolute Gasteiger partial charge is 0.285 e.